The minimum Gasteiger partial charge on any atom is -0.395 e. The molecular weight excluding hydrogens is 721 g/mol. The fourth-order valence-electron chi connectivity index (χ4n) is 3.56. The lowest BCUT2D eigenvalue weighted by Crippen LogP contribution is -2.17. The van der Waals surface area contributed by atoms with Crippen LogP contribution in [0.25, 0.3) is 0 Å². The molecule has 0 spiro atoms. The molecule has 24 heteroatoms. The van der Waals surface area contributed by atoms with Crippen LogP contribution in [0.2, 0.25) is 0 Å². The first-order valence-corrected chi connectivity index (χ1v) is 18.9. The van der Waals surface area contributed by atoms with Gasteiger partial charge in [0.1, 0.15) is 16.3 Å². The Kier molecular flexibility index (Phi) is 12.0. The van der Waals surface area contributed by atoms with Gasteiger partial charge in [0.05, 0.1) is 34.3 Å². The molecule has 0 saturated heterocycles. The number of sulfone groups is 1. The largest absolute Gasteiger partial charge is 0.397 e. The van der Waals surface area contributed by atoms with Crippen molar-refractivity contribution in [2.45, 2.75) is 16.7 Å². The zero-order valence-electron chi connectivity index (χ0n) is 24.6. The Morgan fingerprint density at radius 2 is 1.44 bits per heavy atom. The molecule has 1 aromatic heterocycles. The molecule has 0 aliphatic heterocycles. The predicted octanol–water partition coefficient (Wildman–Crippen LogP) is 3.50. The Morgan fingerprint density at radius 3 is 2.02 bits per heavy atom. The maximum absolute atomic E-state index is 12.2. The summed E-state index contributed by atoms with van der Waals surface area (Å²) < 4.78 is 124. The van der Waals surface area contributed by atoms with Gasteiger partial charge in [-0.15, -0.1) is 10.2 Å². The summed E-state index contributed by atoms with van der Waals surface area (Å²) in [4.78, 5) is 3.13. The van der Waals surface area contributed by atoms with Crippen molar-refractivity contribution in [3.8, 4) is 0 Å². The number of nitrogens with zero attached hydrogens (tertiary/aromatic N) is 5. The maximum Gasteiger partial charge on any atom is 0.397 e. The Balaban J connectivity index is 1.99. The van der Waals surface area contributed by atoms with Crippen molar-refractivity contribution in [3.05, 3.63) is 60.0 Å². The number of anilines is 3. The second-order valence-electron chi connectivity index (χ2n) is 9.33. The van der Waals surface area contributed by atoms with Crippen LogP contribution in [0.3, 0.4) is 0 Å². The molecule has 1 heterocycles. The van der Waals surface area contributed by atoms with E-state index >= 15 is 0 Å². The highest BCUT2D eigenvalue weighted by molar-refractivity contribution is 7.94. The van der Waals surface area contributed by atoms with E-state index in [1.165, 1.54) is 25.1 Å². The summed E-state index contributed by atoms with van der Waals surface area (Å²) in [5.74, 6) is -0.445. The van der Waals surface area contributed by atoms with Crippen LogP contribution in [0, 0.1) is 6.92 Å². The van der Waals surface area contributed by atoms with E-state index < -0.39 is 52.0 Å². The van der Waals surface area contributed by atoms with Gasteiger partial charge in [-0.3, -0.25) is 13.7 Å². The maximum atomic E-state index is 12.2. The van der Waals surface area contributed by atoms with Crippen molar-refractivity contribution in [1.29, 1.82) is 0 Å². The zero-order chi connectivity index (χ0) is 35.9. The quantitative estimate of drug-likeness (QED) is 0.0693. The molecule has 0 fully saturated rings. The number of rotatable bonds is 16. The average molecular weight is 749 g/mol. The Hall–Kier alpha value is -4.43. The predicted molar refractivity (Wildman–Crippen MR) is 173 cm³/mol. The average Bonchev–Trinajstić information content (AvgIpc) is 2.99. The van der Waals surface area contributed by atoms with Crippen LogP contribution in [0.4, 0.5) is 40.1 Å². The number of aromatic nitrogens is 1. The van der Waals surface area contributed by atoms with E-state index in [-0.39, 0.29) is 69.4 Å². The molecule has 0 radical (unpaired) electrons. The fraction of sp³-hybridized carbons (Fsp3) is 0.208. The number of hydrogen-bond acceptors (Lipinski definition) is 17. The van der Waals surface area contributed by atoms with Crippen LogP contribution in [0.15, 0.2) is 84.7 Å². The van der Waals surface area contributed by atoms with Crippen LogP contribution in [0.5, 0.6) is 0 Å². The topological polar surface area (TPSA) is 319 Å². The van der Waals surface area contributed by atoms with Gasteiger partial charge in [-0.25, -0.2) is 17.6 Å². The first kappa shape index (κ1) is 38.0. The zero-order valence-corrected chi connectivity index (χ0v) is 27.9. The van der Waals surface area contributed by atoms with Crippen LogP contribution >= 0.6 is 0 Å². The Bertz CT molecular complexity index is 2190. The Labute approximate surface area is 275 Å². The third kappa shape index (κ3) is 11.1. The number of nitrogens with one attached hydrogen (secondary N) is 2. The number of hydrogen-bond donors (Lipinski definition) is 6. The molecule has 3 rings (SSSR count). The van der Waals surface area contributed by atoms with Gasteiger partial charge < -0.3 is 16.4 Å². The van der Waals surface area contributed by atoms with Crippen LogP contribution in [-0.2, 0) is 44.7 Å². The number of nitrogens with two attached hydrogens (primary N) is 1. The minimum atomic E-state index is -4.93. The summed E-state index contributed by atoms with van der Waals surface area (Å²) >= 11 is 0. The normalized spacial score (nSPS) is 12.8. The number of benzene rings is 2. The molecule has 0 amide bonds. The van der Waals surface area contributed by atoms with E-state index in [1.54, 1.807) is 0 Å². The molecule has 3 aromatic rings. The molecule has 0 aliphatic carbocycles. The third-order valence-corrected chi connectivity index (χ3v) is 9.41. The van der Waals surface area contributed by atoms with Crippen molar-refractivity contribution in [3.63, 3.8) is 0 Å². The van der Waals surface area contributed by atoms with Crippen molar-refractivity contribution in [2.75, 3.05) is 41.8 Å². The molecule has 20 nitrogen and oxygen atoms in total. The van der Waals surface area contributed by atoms with Gasteiger partial charge in [-0.2, -0.15) is 35.5 Å². The van der Waals surface area contributed by atoms with Gasteiger partial charge in [-0.05, 0) is 49.4 Å². The van der Waals surface area contributed by atoms with Gasteiger partial charge in [-0.1, -0.05) is 6.58 Å². The summed E-state index contributed by atoms with van der Waals surface area (Å²) in [6, 6.07) is 7.93. The van der Waals surface area contributed by atoms with Gasteiger partial charge >= 0.3 is 10.4 Å². The third-order valence-electron chi connectivity index (χ3n) is 5.92. The van der Waals surface area contributed by atoms with Gasteiger partial charge in [0.25, 0.3) is 20.2 Å². The van der Waals surface area contributed by atoms with Crippen LogP contribution in [0.1, 0.15) is 5.56 Å². The van der Waals surface area contributed by atoms with E-state index in [1.807, 2.05) is 0 Å². The van der Waals surface area contributed by atoms with E-state index in [9.17, 15) is 38.2 Å². The Morgan fingerprint density at radius 1 is 0.833 bits per heavy atom. The van der Waals surface area contributed by atoms with Gasteiger partial charge in [0, 0.05) is 24.1 Å². The van der Waals surface area contributed by atoms with E-state index in [0.29, 0.717) is 0 Å². The number of pyridine rings is 1. The highest BCUT2D eigenvalue weighted by Gasteiger charge is 2.20. The lowest BCUT2D eigenvalue weighted by molar-refractivity contribution is 0.278. The first-order chi connectivity index (χ1) is 22.2. The second-order valence-corrected chi connectivity index (χ2v) is 15.3. The first-order valence-electron chi connectivity index (χ1n) is 13.0. The summed E-state index contributed by atoms with van der Waals surface area (Å²) in [7, 11) is -17.7. The standard InChI is InChI=1S/C24H28N8O12S4/c1-3-45(33,34)13-11-27-23-21(25)15(2)22(24(28-23)26-10-12-44-48(41,42)43)32-31-19-9-6-17(14-20(19)47(38,39)40)30-29-16-4-7-18(8-5-16)46(35,36)37/h3-9,14H,1,10-13,25H2,2H3,(H2,26,27,28)(H,35,36,37)(H,38,39,40)(H,41,42,43). The summed E-state index contributed by atoms with van der Waals surface area (Å²) in [6.07, 6.45) is 0. The minimum absolute atomic E-state index is 0.00451. The second kappa shape index (κ2) is 15.2. The van der Waals surface area contributed by atoms with E-state index in [4.69, 9.17) is 14.8 Å². The lowest BCUT2D eigenvalue weighted by Gasteiger charge is -2.16. The molecule has 0 bridgehead atoms. The van der Waals surface area contributed by atoms with Crippen molar-refractivity contribution in [2.24, 2.45) is 20.5 Å². The molecule has 260 valence electrons. The van der Waals surface area contributed by atoms with Crippen molar-refractivity contribution >= 4 is 80.5 Å². The van der Waals surface area contributed by atoms with Crippen LogP contribution < -0.4 is 16.4 Å². The van der Waals surface area contributed by atoms with Crippen molar-refractivity contribution < 1.29 is 51.5 Å². The molecule has 0 unspecified atom stereocenters. The van der Waals surface area contributed by atoms with Crippen LogP contribution in [-0.4, -0.2) is 77.8 Å². The summed E-state index contributed by atoms with van der Waals surface area (Å²) in [6.45, 7) is 3.75. The summed E-state index contributed by atoms with van der Waals surface area (Å²) in [5, 5.41) is 21.9. The van der Waals surface area contributed by atoms with Crippen molar-refractivity contribution in [1.82, 2.24) is 4.98 Å². The molecule has 0 saturated carbocycles. The molecule has 2 aromatic carbocycles. The molecule has 0 aliphatic rings. The van der Waals surface area contributed by atoms with Gasteiger partial charge in [0.15, 0.2) is 21.5 Å². The SMILES string of the molecule is C=CS(=O)(=O)CCNc1nc(NCCOS(=O)(=O)O)c(N=Nc2ccc(N=Nc3ccc(S(=O)(=O)O)cc3)cc2S(=O)(=O)O)c(C)c1N. The number of nitrogen functional groups attached to an aromatic ring is 1. The molecular formula is C24H28N8O12S4. The molecule has 0 atom stereocenters. The van der Waals surface area contributed by atoms with Gasteiger partial charge in [0.2, 0.25) is 0 Å². The smallest absolute Gasteiger partial charge is 0.395 e. The molecule has 7 N–H and O–H groups in total. The molecule has 48 heavy (non-hydrogen) atoms. The fourth-order valence-corrected chi connectivity index (χ4v) is 5.53. The monoisotopic (exact) mass is 748 g/mol. The van der Waals surface area contributed by atoms with E-state index in [0.717, 1.165) is 29.7 Å². The lowest BCUT2D eigenvalue weighted by atomic mass is 10.2. The highest BCUT2D eigenvalue weighted by Crippen LogP contribution is 2.38. The van der Waals surface area contributed by atoms with E-state index in [2.05, 4.69) is 46.8 Å². The highest BCUT2D eigenvalue weighted by atomic mass is 32.3. The summed E-state index contributed by atoms with van der Waals surface area (Å²) in [5.41, 5.74) is 6.00. The number of azo groups is 2.